The third kappa shape index (κ3) is 3.35. The van der Waals surface area contributed by atoms with Crippen molar-refractivity contribution in [2.75, 3.05) is 6.54 Å². The van der Waals surface area contributed by atoms with E-state index in [1.54, 1.807) is 0 Å². The summed E-state index contributed by atoms with van der Waals surface area (Å²) in [6.07, 6.45) is 12.7. The largest absolute Gasteiger partial charge is 0.354 e. The summed E-state index contributed by atoms with van der Waals surface area (Å²) in [7, 11) is 0. The number of H-pyrrole nitrogens is 1. The van der Waals surface area contributed by atoms with Crippen LogP contribution in [0.1, 0.15) is 43.7 Å². The van der Waals surface area contributed by atoms with Crippen LogP contribution in [-0.4, -0.2) is 32.1 Å². The zero-order chi connectivity index (χ0) is 14.5. The van der Waals surface area contributed by atoms with Gasteiger partial charge >= 0.3 is 0 Å². The van der Waals surface area contributed by atoms with Gasteiger partial charge in [0.25, 0.3) is 0 Å². The van der Waals surface area contributed by atoms with Gasteiger partial charge in [0.2, 0.25) is 5.91 Å². The van der Waals surface area contributed by atoms with E-state index in [2.05, 4.69) is 14.8 Å². The summed E-state index contributed by atoms with van der Waals surface area (Å²) in [6, 6.07) is 4.24. The Bertz CT molecular complexity index is 547. The van der Waals surface area contributed by atoms with Gasteiger partial charge in [-0.15, -0.1) is 0 Å². The molecule has 1 aliphatic rings. The highest BCUT2D eigenvalue weighted by Crippen LogP contribution is 2.30. The van der Waals surface area contributed by atoms with Crippen molar-refractivity contribution in [1.82, 2.24) is 19.7 Å². The van der Waals surface area contributed by atoms with Gasteiger partial charge in [0, 0.05) is 43.7 Å². The Morgan fingerprint density at radius 3 is 2.95 bits per heavy atom. The summed E-state index contributed by atoms with van der Waals surface area (Å²) in [5.41, 5.74) is 1.13. The number of likely N-dealkylation sites (tertiary alicyclic amines) is 1. The van der Waals surface area contributed by atoms with Gasteiger partial charge in [-0.2, -0.15) is 5.10 Å². The maximum Gasteiger partial charge on any atom is 0.223 e. The van der Waals surface area contributed by atoms with E-state index in [9.17, 15) is 4.79 Å². The molecule has 2 aromatic heterocycles. The lowest BCUT2D eigenvalue weighted by atomic mass is 9.97. The van der Waals surface area contributed by atoms with Crippen LogP contribution >= 0.6 is 0 Å². The van der Waals surface area contributed by atoms with Gasteiger partial charge in [-0.05, 0) is 37.8 Å². The van der Waals surface area contributed by atoms with Crippen molar-refractivity contribution < 1.29 is 4.79 Å². The number of hydrogen-bond donors (Lipinski definition) is 1. The van der Waals surface area contributed by atoms with Crippen LogP contribution in [0.2, 0.25) is 0 Å². The fourth-order valence-electron chi connectivity index (χ4n) is 3.10. The number of nitrogens with zero attached hydrogens (tertiary/aromatic N) is 3. The number of nitrogens with one attached hydrogen (secondary N) is 1. The molecule has 0 saturated carbocycles. The molecule has 0 aromatic carbocycles. The number of amides is 1. The molecule has 112 valence electrons. The van der Waals surface area contributed by atoms with Gasteiger partial charge in [0.15, 0.2) is 0 Å². The Labute approximate surface area is 125 Å². The predicted molar refractivity (Wildman–Crippen MR) is 80.6 cm³/mol. The Balaban J connectivity index is 1.56. The second-order valence-electron chi connectivity index (χ2n) is 5.65. The lowest BCUT2D eigenvalue weighted by Crippen LogP contribution is -2.38. The molecule has 0 radical (unpaired) electrons. The summed E-state index contributed by atoms with van der Waals surface area (Å²) in [5, 5.41) is 6.88. The molecule has 0 aliphatic carbocycles. The van der Waals surface area contributed by atoms with Gasteiger partial charge in [-0.1, -0.05) is 0 Å². The van der Waals surface area contributed by atoms with Crippen LogP contribution in [0.15, 0.2) is 36.9 Å². The summed E-state index contributed by atoms with van der Waals surface area (Å²) < 4.78 is 2.12. The molecule has 1 fully saturated rings. The number of aryl methyl sites for hydroxylation is 1. The van der Waals surface area contributed by atoms with Crippen LogP contribution < -0.4 is 0 Å². The fraction of sp³-hybridized carbons (Fsp3) is 0.500. The molecule has 1 saturated heterocycles. The molecular weight excluding hydrogens is 264 g/mol. The van der Waals surface area contributed by atoms with Crippen LogP contribution in [0.25, 0.3) is 0 Å². The lowest BCUT2D eigenvalue weighted by Gasteiger charge is -2.35. The molecule has 21 heavy (non-hydrogen) atoms. The molecule has 5 nitrogen and oxygen atoms in total. The minimum Gasteiger partial charge on any atom is -0.354 e. The standard InChI is InChI=1S/C16H22N4O/c21-16(7-5-10-19-8-3-4-9-19)20-11-2-1-6-15(20)14-12-17-18-13-14/h3-4,8-9,12-13,15H,1-2,5-7,10-11H2,(H,17,18). The number of hydrogen-bond acceptors (Lipinski definition) is 2. The second kappa shape index (κ2) is 6.61. The van der Waals surface area contributed by atoms with Crippen molar-refractivity contribution in [2.24, 2.45) is 0 Å². The minimum absolute atomic E-state index is 0.205. The van der Waals surface area contributed by atoms with Crippen molar-refractivity contribution in [3.8, 4) is 0 Å². The molecule has 1 aliphatic heterocycles. The molecule has 1 unspecified atom stereocenters. The Hall–Kier alpha value is -2.04. The molecule has 1 N–H and O–H groups in total. The fourth-order valence-corrected chi connectivity index (χ4v) is 3.10. The number of aromatic nitrogens is 3. The molecule has 1 atom stereocenters. The van der Waals surface area contributed by atoms with E-state index in [-0.39, 0.29) is 11.9 Å². The summed E-state index contributed by atoms with van der Waals surface area (Å²) in [6.45, 7) is 1.78. The molecular formula is C16H22N4O. The van der Waals surface area contributed by atoms with E-state index in [1.807, 2.05) is 41.8 Å². The first-order valence-corrected chi connectivity index (χ1v) is 7.73. The van der Waals surface area contributed by atoms with Gasteiger partial charge in [0.1, 0.15) is 0 Å². The van der Waals surface area contributed by atoms with E-state index in [0.29, 0.717) is 6.42 Å². The number of rotatable bonds is 5. The van der Waals surface area contributed by atoms with Gasteiger partial charge in [0.05, 0.1) is 12.2 Å². The maximum absolute atomic E-state index is 12.5. The Morgan fingerprint density at radius 2 is 2.19 bits per heavy atom. The smallest absolute Gasteiger partial charge is 0.223 e. The third-order valence-corrected chi connectivity index (χ3v) is 4.20. The molecule has 3 rings (SSSR count). The molecule has 3 heterocycles. The van der Waals surface area contributed by atoms with Gasteiger partial charge in [-0.25, -0.2) is 0 Å². The zero-order valence-electron chi connectivity index (χ0n) is 12.2. The van der Waals surface area contributed by atoms with E-state index in [1.165, 1.54) is 6.42 Å². The molecule has 1 amide bonds. The van der Waals surface area contributed by atoms with E-state index >= 15 is 0 Å². The van der Waals surface area contributed by atoms with Crippen LogP contribution in [0.4, 0.5) is 0 Å². The van der Waals surface area contributed by atoms with Crippen molar-refractivity contribution in [3.05, 3.63) is 42.5 Å². The van der Waals surface area contributed by atoms with Crippen LogP contribution in [-0.2, 0) is 11.3 Å². The van der Waals surface area contributed by atoms with Crippen molar-refractivity contribution >= 4 is 5.91 Å². The van der Waals surface area contributed by atoms with Crippen molar-refractivity contribution in [3.63, 3.8) is 0 Å². The number of aromatic amines is 1. The number of piperidine rings is 1. The van der Waals surface area contributed by atoms with E-state index < -0.39 is 0 Å². The van der Waals surface area contributed by atoms with Crippen LogP contribution in [0.3, 0.4) is 0 Å². The van der Waals surface area contributed by atoms with E-state index in [0.717, 1.165) is 37.9 Å². The van der Waals surface area contributed by atoms with Crippen LogP contribution in [0, 0.1) is 0 Å². The zero-order valence-corrected chi connectivity index (χ0v) is 12.2. The first kappa shape index (κ1) is 13.9. The minimum atomic E-state index is 0.205. The highest BCUT2D eigenvalue weighted by atomic mass is 16.2. The average Bonchev–Trinajstić information content (AvgIpc) is 3.20. The molecule has 5 heteroatoms. The van der Waals surface area contributed by atoms with Gasteiger partial charge in [-0.3, -0.25) is 9.89 Å². The summed E-state index contributed by atoms with van der Waals surface area (Å²) in [4.78, 5) is 14.6. The predicted octanol–water partition coefficient (Wildman–Crippen LogP) is 2.75. The first-order chi connectivity index (χ1) is 10.3. The maximum atomic E-state index is 12.5. The monoisotopic (exact) mass is 286 g/mol. The summed E-state index contributed by atoms with van der Waals surface area (Å²) in [5.74, 6) is 0.271. The highest BCUT2D eigenvalue weighted by Gasteiger charge is 2.27. The number of carbonyl (C=O) groups excluding carboxylic acids is 1. The first-order valence-electron chi connectivity index (χ1n) is 7.73. The molecule has 2 aromatic rings. The van der Waals surface area contributed by atoms with Crippen LogP contribution in [0.5, 0.6) is 0 Å². The Kier molecular flexibility index (Phi) is 4.38. The Morgan fingerprint density at radius 1 is 1.33 bits per heavy atom. The lowest BCUT2D eigenvalue weighted by molar-refractivity contribution is -0.135. The van der Waals surface area contributed by atoms with Crippen molar-refractivity contribution in [1.29, 1.82) is 0 Å². The van der Waals surface area contributed by atoms with Gasteiger partial charge < -0.3 is 9.47 Å². The topological polar surface area (TPSA) is 53.9 Å². The third-order valence-electron chi connectivity index (χ3n) is 4.20. The molecule has 0 bridgehead atoms. The summed E-state index contributed by atoms with van der Waals surface area (Å²) >= 11 is 0. The second-order valence-corrected chi connectivity index (χ2v) is 5.65. The number of carbonyl (C=O) groups is 1. The van der Waals surface area contributed by atoms with E-state index in [4.69, 9.17) is 0 Å². The quantitative estimate of drug-likeness (QED) is 0.919. The van der Waals surface area contributed by atoms with Crippen molar-refractivity contribution in [2.45, 2.75) is 44.7 Å². The molecule has 0 spiro atoms. The highest BCUT2D eigenvalue weighted by molar-refractivity contribution is 5.76. The normalized spacial score (nSPS) is 18.9. The SMILES string of the molecule is O=C(CCCn1cccc1)N1CCCCC1c1cn[nH]c1. The average molecular weight is 286 g/mol.